The third kappa shape index (κ3) is 6.33. The molecule has 4 N–H and O–H groups in total. The van der Waals surface area contributed by atoms with Crippen LogP contribution < -0.4 is 16.4 Å². The topological polar surface area (TPSA) is 79.5 Å². The van der Waals surface area contributed by atoms with Crippen molar-refractivity contribution in [1.29, 1.82) is 0 Å². The van der Waals surface area contributed by atoms with E-state index in [9.17, 15) is 4.79 Å². The highest BCUT2D eigenvalue weighted by atomic mass is 127. The van der Waals surface area contributed by atoms with Crippen LogP contribution in [-0.2, 0) is 4.79 Å². The number of nitrogens with one attached hydrogen (secondary N) is 2. The Labute approximate surface area is 142 Å². The Bertz CT molecular complexity index is 460. The third-order valence-corrected chi connectivity index (χ3v) is 3.44. The van der Waals surface area contributed by atoms with Gasteiger partial charge in [0.25, 0.3) is 0 Å². The van der Waals surface area contributed by atoms with Gasteiger partial charge < -0.3 is 16.4 Å². The minimum absolute atomic E-state index is 0. The van der Waals surface area contributed by atoms with Gasteiger partial charge >= 0.3 is 0 Å². The highest BCUT2D eigenvalue weighted by molar-refractivity contribution is 14.0. The molecule has 0 unspecified atom stereocenters. The number of hydrogen-bond acceptors (Lipinski definition) is 2. The van der Waals surface area contributed by atoms with E-state index in [1.54, 1.807) is 0 Å². The number of benzene rings is 1. The van der Waals surface area contributed by atoms with E-state index in [1.165, 1.54) is 6.42 Å². The zero-order valence-electron chi connectivity index (χ0n) is 12.0. The summed E-state index contributed by atoms with van der Waals surface area (Å²) in [5.41, 5.74) is 6.70. The normalized spacial score (nSPS) is 14.8. The molecule has 6 heteroatoms. The Morgan fingerprint density at radius 2 is 2.00 bits per heavy atom. The predicted octanol–water partition coefficient (Wildman–Crippen LogP) is 2.34. The Kier molecular flexibility index (Phi) is 8.11. The molecule has 1 saturated carbocycles. The van der Waals surface area contributed by atoms with Gasteiger partial charge in [0, 0.05) is 24.7 Å². The summed E-state index contributed by atoms with van der Waals surface area (Å²) in [4.78, 5) is 15.8. The van der Waals surface area contributed by atoms with Crippen molar-refractivity contribution in [1.82, 2.24) is 5.32 Å². The molecule has 0 saturated heterocycles. The van der Waals surface area contributed by atoms with Crippen LogP contribution in [0.3, 0.4) is 0 Å². The molecule has 0 radical (unpaired) electrons. The van der Waals surface area contributed by atoms with E-state index >= 15 is 0 Å². The fourth-order valence-electron chi connectivity index (χ4n) is 2.01. The SMILES string of the molecule is I.NC(=NCCCNC(=O)C1CCC1)Nc1ccccc1. The van der Waals surface area contributed by atoms with E-state index in [2.05, 4.69) is 15.6 Å². The number of nitrogens with zero attached hydrogens (tertiary/aromatic N) is 1. The summed E-state index contributed by atoms with van der Waals surface area (Å²) in [5.74, 6) is 0.848. The fourth-order valence-corrected chi connectivity index (χ4v) is 2.01. The second-order valence-corrected chi connectivity index (χ2v) is 5.03. The maximum absolute atomic E-state index is 11.6. The Balaban J connectivity index is 0.00000220. The van der Waals surface area contributed by atoms with Crippen molar-refractivity contribution in [3.63, 3.8) is 0 Å². The van der Waals surface area contributed by atoms with Crippen LogP contribution in [0.5, 0.6) is 0 Å². The average Bonchev–Trinajstić information content (AvgIpc) is 2.37. The molecule has 1 aliphatic rings. The van der Waals surface area contributed by atoms with Gasteiger partial charge in [0.1, 0.15) is 0 Å². The van der Waals surface area contributed by atoms with E-state index in [4.69, 9.17) is 5.73 Å². The first-order chi connectivity index (χ1) is 9.75. The lowest BCUT2D eigenvalue weighted by atomic mass is 9.85. The Morgan fingerprint density at radius 3 is 2.62 bits per heavy atom. The smallest absolute Gasteiger partial charge is 0.223 e. The number of anilines is 1. The zero-order chi connectivity index (χ0) is 14.2. The second-order valence-electron chi connectivity index (χ2n) is 5.03. The zero-order valence-corrected chi connectivity index (χ0v) is 14.4. The summed E-state index contributed by atoms with van der Waals surface area (Å²) < 4.78 is 0. The van der Waals surface area contributed by atoms with Crippen LogP contribution in [0.2, 0.25) is 0 Å². The third-order valence-electron chi connectivity index (χ3n) is 3.44. The summed E-state index contributed by atoms with van der Waals surface area (Å²) in [6, 6.07) is 9.68. The van der Waals surface area contributed by atoms with E-state index in [1.807, 2.05) is 30.3 Å². The van der Waals surface area contributed by atoms with Crippen LogP contribution in [0.25, 0.3) is 0 Å². The molecular formula is C15H23IN4O. The van der Waals surface area contributed by atoms with Crippen LogP contribution in [0.15, 0.2) is 35.3 Å². The van der Waals surface area contributed by atoms with Crippen molar-refractivity contribution in [3.05, 3.63) is 30.3 Å². The number of hydrogen-bond donors (Lipinski definition) is 3. The van der Waals surface area contributed by atoms with Crippen LogP contribution in [0.1, 0.15) is 25.7 Å². The number of carbonyl (C=O) groups excluding carboxylic acids is 1. The number of halogens is 1. The number of carbonyl (C=O) groups is 1. The fraction of sp³-hybridized carbons (Fsp3) is 0.467. The monoisotopic (exact) mass is 402 g/mol. The number of aliphatic imine (C=N–C) groups is 1. The average molecular weight is 402 g/mol. The largest absolute Gasteiger partial charge is 0.370 e. The molecule has 0 atom stereocenters. The van der Waals surface area contributed by atoms with Crippen molar-refractivity contribution in [2.45, 2.75) is 25.7 Å². The standard InChI is InChI=1S/C15H22N4O.HI/c16-15(19-13-8-2-1-3-9-13)18-11-5-10-17-14(20)12-6-4-7-12;/h1-3,8-9,12H,4-7,10-11H2,(H,17,20)(H3,16,18,19);1H. The molecular weight excluding hydrogens is 379 g/mol. The van der Waals surface area contributed by atoms with Gasteiger partial charge in [0.2, 0.25) is 5.91 Å². The number of amides is 1. The molecule has 2 rings (SSSR count). The molecule has 21 heavy (non-hydrogen) atoms. The van der Waals surface area contributed by atoms with E-state index in [-0.39, 0.29) is 35.8 Å². The van der Waals surface area contributed by atoms with Crippen LogP contribution in [0.4, 0.5) is 5.69 Å². The minimum atomic E-state index is 0. The van der Waals surface area contributed by atoms with Crippen LogP contribution >= 0.6 is 24.0 Å². The van der Waals surface area contributed by atoms with Crippen molar-refractivity contribution in [3.8, 4) is 0 Å². The lowest BCUT2D eigenvalue weighted by Crippen LogP contribution is -2.35. The lowest BCUT2D eigenvalue weighted by molar-refractivity contribution is -0.127. The van der Waals surface area contributed by atoms with Crippen molar-refractivity contribution < 1.29 is 4.79 Å². The van der Waals surface area contributed by atoms with Gasteiger partial charge in [-0.05, 0) is 31.4 Å². The van der Waals surface area contributed by atoms with Crippen molar-refractivity contribution in [2.24, 2.45) is 16.6 Å². The Morgan fingerprint density at radius 1 is 1.29 bits per heavy atom. The first-order valence-corrected chi connectivity index (χ1v) is 7.15. The quantitative estimate of drug-likeness (QED) is 0.296. The summed E-state index contributed by atoms with van der Waals surface area (Å²) in [7, 11) is 0. The molecule has 1 aliphatic carbocycles. The number of guanidine groups is 1. The molecule has 1 fully saturated rings. The molecule has 1 aromatic rings. The molecule has 0 bridgehead atoms. The molecule has 1 amide bonds. The summed E-state index contributed by atoms with van der Waals surface area (Å²) in [5, 5.41) is 5.96. The number of nitrogens with two attached hydrogens (primary N) is 1. The maximum atomic E-state index is 11.6. The van der Waals surface area contributed by atoms with Gasteiger partial charge in [-0.1, -0.05) is 24.6 Å². The van der Waals surface area contributed by atoms with E-state index < -0.39 is 0 Å². The number of para-hydroxylation sites is 1. The van der Waals surface area contributed by atoms with Crippen molar-refractivity contribution >= 4 is 41.5 Å². The summed E-state index contributed by atoms with van der Waals surface area (Å²) in [6.07, 6.45) is 4.07. The van der Waals surface area contributed by atoms with Gasteiger partial charge in [-0.2, -0.15) is 0 Å². The summed E-state index contributed by atoms with van der Waals surface area (Å²) in [6.45, 7) is 1.27. The highest BCUT2D eigenvalue weighted by Crippen LogP contribution is 2.25. The van der Waals surface area contributed by atoms with Crippen LogP contribution in [-0.4, -0.2) is 25.0 Å². The molecule has 0 spiro atoms. The molecule has 1 aromatic carbocycles. The lowest BCUT2D eigenvalue weighted by Gasteiger charge is -2.23. The van der Waals surface area contributed by atoms with Gasteiger partial charge in [0.05, 0.1) is 0 Å². The van der Waals surface area contributed by atoms with Crippen LogP contribution in [0, 0.1) is 5.92 Å². The first kappa shape index (κ1) is 17.7. The summed E-state index contributed by atoms with van der Waals surface area (Å²) >= 11 is 0. The van der Waals surface area contributed by atoms with E-state index in [0.717, 1.165) is 24.9 Å². The van der Waals surface area contributed by atoms with Crippen molar-refractivity contribution in [2.75, 3.05) is 18.4 Å². The second kappa shape index (κ2) is 9.59. The molecule has 5 nitrogen and oxygen atoms in total. The predicted molar refractivity (Wildman–Crippen MR) is 96.9 cm³/mol. The first-order valence-electron chi connectivity index (χ1n) is 7.15. The van der Waals surface area contributed by atoms with E-state index in [0.29, 0.717) is 19.0 Å². The van der Waals surface area contributed by atoms with Gasteiger partial charge in [-0.15, -0.1) is 24.0 Å². The molecule has 0 aromatic heterocycles. The van der Waals surface area contributed by atoms with Gasteiger partial charge in [0.15, 0.2) is 5.96 Å². The maximum Gasteiger partial charge on any atom is 0.223 e. The molecule has 0 heterocycles. The number of rotatable bonds is 6. The highest BCUT2D eigenvalue weighted by Gasteiger charge is 2.24. The van der Waals surface area contributed by atoms with Gasteiger partial charge in [-0.25, -0.2) is 0 Å². The molecule has 116 valence electrons. The van der Waals surface area contributed by atoms with Gasteiger partial charge in [-0.3, -0.25) is 9.79 Å². The Hall–Kier alpha value is -1.31. The molecule has 0 aliphatic heterocycles. The minimum Gasteiger partial charge on any atom is -0.370 e.